The first kappa shape index (κ1) is 19.8. The normalized spacial score (nSPS) is 19.9. The standard InChI is InChI=1S/C19H25NO6/c1-19(2,3)26-18(24)20-11-13(10-15(20)16(21)22)8-12-6-5-7-14(9-12)17(23)25-4/h5-7,9,13,15H,8,10-11H2,1-4H3,(H,21,22)/t13-,15+/m0/s1. The highest BCUT2D eigenvalue weighted by molar-refractivity contribution is 5.89. The van der Waals surface area contributed by atoms with Crippen LogP contribution in [-0.2, 0) is 20.7 Å². The molecule has 0 saturated carbocycles. The monoisotopic (exact) mass is 363 g/mol. The minimum atomic E-state index is -1.04. The maximum absolute atomic E-state index is 12.3. The van der Waals surface area contributed by atoms with Gasteiger partial charge >= 0.3 is 18.0 Å². The predicted molar refractivity (Wildman–Crippen MR) is 94.0 cm³/mol. The zero-order chi connectivity index (χ0) is 19.5. The second kappa shape index (κ2) is 7.76. The molecule has 1 heterocycles. The van der Waals surface area contributed by atoms with Gasteiger partial charge in [0, 0.05) is 6.54 Å². The number of hydrogen-bond acceptors (Lipinski definition) is 5. The number of carboxylic acid groups (broad SMARTS) is 1. The van der Waals surface area contributed by atoms with E-state index < -0.39 is 29.7 Å². The summed E-state index contributed by atoms with van der Waals surface area (Å²) in [6, 6.07) is 6.13. The smallest absolute Gasteiger partial charge is 0.411 e. The van der Waals surface area contributed by atoms with Crippen LogP contribution < -0.4 is 0 Å². The number of rotatable bonds is 4. The molecule has 1 aliphatic rings. The van der Waals surface area contributed by atoms with Gasteiger partial charge in [-0.2, -0.15) is 0 Å². The summed E-state index contributed by atoms with van der Waals surface area (Å²) < 4.78 is 10.0. The molecule has 1 aliphatic heterocycles. The predicted octanol–water partition coefficient (Wildman–Crippen LogP) is 2.73. The molecule has 1 aromatic carbocycles. The van der Waals surface area contributed by atoms with Crippen molar-refractivity contribution in [3.05, 3.63) is 35.4 Å². The van der Waals surface area contributed by atoms with Crippen molar-refractivity contribution in [2.45, 2.75) is 45.3 Å². The van der Waals surface area contributed by atoms with Gasteiger partial charge in [0.05, 0.1) is 12.7 Å². The molecular formula is C19H25NO6. The number of methoxy groups -OCH3 is 1. The molecule has 1 amide bonds. The Bertz CT molecular complexity index is 694. The van der Waals surface area contributed by atoms with Gasteiger partial charge in [0.1, 0.15) is 11.6 Å². The third-order valence-electron chi connectivity index (χ3n) is 4.17. The van der Waals surface area contributed by atoms with Gasteiger partial charge in [0.15, 0.2) is 0 Å². The summed E-state index contributed by atoms with van der Waals surface area (Å²) in [5.74, 6) is -1.49. The fraction of sp³-hybridized carbons (Fsp3) is 0.526. The van der Waals surface area contributed by atoms with E-state index in [-0.39, 0.29) is 5.92 Å². The molecule has 1 saturated heterocycles. The van der Waals surface area contributed by atoms with Crippen molar-refractivity contribution in [3.63, 3.8) is 0 Å². The first-order valence-electron chi connectivity index (χ1n) is 8.50. The average molecular weight is 363 g/mol. The fourth-order valence-electron chi connectivity index (χ4n) is 3.10. The number of carbonyl (C=O) groups is 3. The zero-order valence-corrected chi connectivity index (χ0v) is 15.5. The SMILES string of the molecule is COC(=O)c1cccc(C[C@H]2C[C@H](C(=O)O)N(C(=O)OC(C)(C)C)C2)c1. The van der Waals surface area contributed by atoms with Gasteiger partial charge in [-0.1, -0.05) is 12.1 Å². The largest absolute Gasteiger partial charge is 0.480 e. The van der Waals surface area contributed by atoms with Crippen LogP contribution in [0.2, 0.25) is 0 Å². The van der Waals surface area contributed by atoms with Crippen LogP contribution >= 0.6 is 0 Å². The van der Waals surface area contributed by atoms with Gasteiger partial charge in [0.2, 0.25) is 0 Å². The van der Waals surface area contributed by atoms with E-state index in [1.54, 1.807) is 39.0 Å². The van der Waals surface area contributed by atoms with Gasteiger partial charge in [-0.15, -0.1) is 0 Å². The minimum absolute atomic E-state index is 0.0310. The van der Waals surface area contributed by atoms with Gasteiger partial charge in [-0.05, 0) is 57.2 Å². The highest BCUT2D eigenvalue weighted by Crippen LogP contribution is 2.28. The summed E-state index contributed by atoms with van der Waals surface area (Å²) in [7, 11) is 1.32. The second-order valence-electron chi connectivity index (χ2n) is 7.48. The molecule has 7 nitrogen and oxygen atoms in total. The van der Waals surface area contributed by atoms with Crippen molar-refractivity contribution in [3.8, 4) is 0 Å². The molecule has 1 fully saturated rings. The minimum Gasteiger partial charge on any atom is -0.480 e. The molecule has 0 bridgehead atoms. The van der Waals surface area contributed by atoms with E-state index in [2.05, 4.69) is 0 Å². The molecule has 7 heteroatoms. The summed E-state index contributed by atoms with van der Waals surface area (Å²) in [6.07, 6.45) is 0.293. The molecule has 2 atom stereocenters. The third kappa shape index (κ3) is 4.97. The molecule has 0 aliphatic carbocycles. The van der Waals surface area contributed by atoms with Crippen molar-refractivity contribution < 1.29 is 29.0 Å². The Morgan fingerprint density at radius 2 is 1.96 bits per heavy atom. The molecule has 2 rings (SSSR count). The summed E-state index contributed by atoms with van der Waals surface area (Å²) in [6.45, 7) is 5.53. The lowest BCUT2D eigenvalue weighted by Gasteiger charge is -2.26. The molecule has 0 spiro atoms. The third-order valence-corrected chi connectivity index (χ3v) is 4.17. The Morgan fingerprint density at radius 1 is 1.27 bits per heavy atom. The van der Waals surface area contributed by atoms with E-state index in [4.69, 9.17) is 9.47 Å². The van der Waals surface area contributed by atoms with Gasteiger partial charge in [-0.3, -0.25) is 4.90 Å². The number of esters is 1. The van der Waals surface area contributed by atoms with Crippen LogP contribution in [0, 0.1) is 5.92 Å². The number of carboxylic acids is 1. The average Bonchev–Trinajstić information content (AvgIpc) is 2.97. The topological polar surface area (TPSA) is 93.1 Å². The number of nitrogens with zero attached hydrogens (tertiary/aromatic N) is 1. The van der Waals surface area contributed by atoms with Crippen molar-refractivity contribution in [2.24, 2.45) is 5.92 Å². The summed E-state index contributed by atoms with van der Waals surface area (Å²) in [4.78, 5) is 36.8. The van der Waals surface area contributed by atoms with E-state index in [0.717, 1.165) is 5.56 Å². The first-order valence-corrected chi connectivity index (χ1v) is 8.50. The van der Waals surface area contributed by atoms with E-state index >= 15 is 0 Å². The van der Waals surface area contributed by atoms with Crippen molar-refractivity contribution in [1.29, 1.82) is 0 Å². The number of hydrogen-bond donors (Lipinski definition) is 1. The van der Waals surface area contributed by atoms with Crippen LogP contribution in [0.5, 0.6) is 0 Å². The molecule has 0 radical (unpaired) electrons. The fourth-order valence-corrected chi connectivity index (χ4v) is 3.10. The highest BCUT2D eigenvalue weighted by atomic mass is 16.6. The Hall–Kier alpha value is -2.57. The van der Waals surface area contributed by atoms with Crippen molar-refractivity contribution in [1.82, 2.24) is 4.90 Å². The van der Waals surface area contributed by atoms with Crippen molar-refractivity contribution in [2.75, 3.05) is 13.7 Å². The molecule has 1 N–H and O–H groups in total. The van der Waals surface area contributed by atoms with E-state index in [0.29, 0.717) is 24.9 Å². The number of amides is 1. The lowest BCUT2D eigenvalue weighted by Crippen LogP contribution is -2.43. The van der Waals surface area contributed by atoms with E-state index in [9.17, 15) is 19.5 Å². The Balaban J connectivity index is 2.11. The quantitative estimate of drug-likeness (QED) is 0.827. The second-order valence-corrected chi connectivity index (χ2v) is 7.48. The van der Waals surface area contributed by atoms with Crippen LogP contribution in [0.15, 0.2) is 24.3 Å². The van der Waals surface area contributed by atoms with Crippen LogP contribution in [0.1, 0.15) is 43.1 Å². The summed E-state index contributed by atoms with van der Waals surface area (Å²) in [5, 5.41) is 9.45. The van der Waals surface area contributed by atoms with Gasteiger partial charge in [-0.25, -0.2) is 14.4 Å². The van der Waals surface area contributed by atoms with Gasteiger partial charge in [0.25, 0.3) is 0 Å². The maximum atomic E-state index is 12.3. The lowest BCUT2D eigenvalue weighted by molar-refractivity contribution is -0.142. The first-order chi connectivity index (χ1) is 12.1. The molecule has 26 heavy (non-hydrogen) atoms. The Kier molecular flexibility index (Phi) is 5.90. The number of carbonyl (C=O) groups excluding carboxylic acids is 2. The van der Waals surface area contributed by atoms with Crippen LogP contribution in [0.3, 0.4) is 0 Å². The van der Waals surface area contributed by atoms with Gasteiger partial charge < -0.3 is 14.6 Å². The van der Waals surface area contributed by atoms with Crippen LogP contribution in [0.4, 0.5) is 4.79 Å². The van der Waals surface area contributed by atoms with E-state index in [1.165, 1.54) is 12.0 Å². The van der Waals surface area contributed by atoms with E-state index in [1.807, 2.05) is 6.07 Å². The molecule has 0 unspecified atom stereocenters. The summed E-state index contributed by atoms with van der Waals surface area (Å²) in [5.41, 5.74) is 0.655. The number of likely N-dealkylation sites (tertiary alicyclic amines) is 1. The molecule has 1 aromatic rings. The number of benzene rings is 1. The number of ether oxygens (including phenoxy) is 2. The zero-order valence-electron chi connectivity index (χ0n) is 15.5. The number of aliphatic carboxylic acids is 1. The Labute approximate surface area is 152 Å². The Morgan fingerprint density at radius 3 is 2.54 bits per heavy atom. The molecule has 142 valence electrons. The lowest BCUT2D eigenvalue weighted by atomic mass is 9.96. The molecular weight excluding hydrogens is 338 g/mol. The van der Waals surface area contributed by atoms with Crippen LogP contribution in [-0.4, -0.2) is 53.3 Å². The summed E-state index contributed by atoms with van der Waals surface area (Å²) >= 11 is 0. The van der Waals surface area contributed by atoms with Crippen molar-refractivity contribution >= 4 is 18.0 Å². The molecule has 0 aromatic heterocycles. The maximum Gasteiger partial charge on any atom is 0.411 e. The highest BCUT2D eigenvalue weighted by Gasteiger charge is 2.41. The van der Waals surface area contributed by atoms with Crippen LogP contribution in [0.25, 0.3) is 0 Å².